The van der Waals surface area contributed by atoms with Gasteiger partial charge < -0.3 is 5.32 Å². The van der Waals surface area contributed by atoms with Gasteiger partial charge >= 0.3 is 0 Å². The Morgan fingerprint density at radius 3 is 2.58 bits per heavy atom. The highest BCUT2D eigenvalue weighted by Crippen LogP contribution is 2.34. The number of hydrogen-bond donors (Lipinski definition) is 1. The minimum absolute atomic E-state index is 0.0823. The standard InChI is InChI=1S/C25H32N2O3S/c1-19-8-3-4-11-22(19)17-26-24(28)25(2)14-7-15-27(18-25)31(29,30)23-13-12-20-9-5-6-10-21(20)16-23/h3-4,8,11-13,16H,5-7,9-10,14-15,17-18H2,1-2H3,(H,26,28). The summed E-state index contributed by atoms with van der Waals surface area (Å²) in [4.78, 5) is 13.4. The summed E-state index contributed by atoms with van der Waals surface area (Å²) in [5.41, 5.74) is 3.90. The van der Waals surface area contributed by atoms with Crippen LogP contribution in [0.4, 0.5) is 0 Å². The summed E-state index contributed by atoms with van der Waals surface area (Å²) in [7, 11) is -3.62. The number of benzene rings is 2. The quantitative estimate of drug-likeness (QED) is 0.765. The zero-order valence-corrected chi connectivity index (χ0v) is 19.3. The van der Waals surface area contributed by atoms with Gasteiger partial charge in [-0.05, 0) is 86.8 Å². The van der Waals surface area contributed by atoms with E-state index in [4.69, 9.17) is 0 Å². The van der Waals surface area contributed by atoms with Gasteiger partial charge in [0.15, 0.2) is 0 Å². The smallest absolute Gasteiger partial charge is 0.243 e. The molecule has 0 bridgehead atoms. The molecular weight excluding hydrogens is 408 g/mol. The molecule has 0 spiro atoms. The molecule has 0 radical (unpaired) electrons. The van der Waals surface area contributed by atoms with Crippen molar-refractivity contribution in [3.8, 4) is 0 Å². The number of fused-ring (bicyclic) bond motifs is 1. The van der Waals surface area contributed by atoms with Gasteiger partial charge in [0.2, 0.25) is 15.9 Å². The Morgan fingerprint density at radius 1 is 1.06 bits per heavy atom. The van der Waals surface area contributed by atoms with Crippen molar-refractivity contribution in [1.29, 1.82) is 0 Å². The van der Waals surface area contributed by atoms with Crippen LogP contribution in [0.1, 0.15) is 54.9 Å². The first kappa shape index (κ1) is 22.0. The Hall–Kier alpha value is -2.18. The lowest BCUT2D eigenvalue weighted by molar-refractivity contribution is -0.132. The highest BCUT2D eigenvalue weighted by molar-refractivity contribution is 7.89. The first-order valence-corrected chi connectivity index (χ1v) is 12.7. The molecule has 1 aliphatic carbocycles. The molecule has 2 aromatic carbocycles. The Balaban J connectivity index is 1.49. The van der Waals surface area contributed by atoms with Gasteiger partial charge in [0, 0.05) is 19.6 Å². The largest absolute Gasteiger partial charge is 0.352 e. The average Bonchev–Trinajstić information content (AvgIpc) is 2.78. The fraction of sp³-hybridized carbons (Fsp3) is 0.480. The summed E-state index contributed by atoms with van der Waals surface area (Å²) < 4.78 is 28.3. The summed E-state index contributed by atoms with van der Waals surface area (Å²) in [6, 6.07) is 13.5. The first-order valence-electron chi connectivity index (χ1n) is 11.2. The first-order chi connectivity index (χ1) is 14.8. The van der Waals surface area contributed by atoms with Crippen LogP contribution in [0.15, 0.2) is 47.4 Å². The van der Waals surface area contributed by atoms with Gasteiger partial charge in [-0.15, -0.1) is 0 Å². The Bertz CT molecular complexity index is 1080. The molecule has 1 atom stereocenters. The highest BCUT2D eigenvalue weighted by atomic mass is 32.2. The molecule has 2 aromatic rings. The molecule has 1 N–H and O–H groups in total. The van der Waals surface area contributed by atoms with Crippen LogP contribution >= 0.6 is 0 Å². The van der Waals surface area contributed by atoms with Crippen LogP contribution in [0.25, 0.3) is 0 Å². The second kappa shape index (κ2) is 8.75. The number of piperidine rings is 1. The van der Waals surface area contributed by atoms with E-state index in [1.165, 1.54) is 16.3 Å². The predicted molar refractivity (Wildman–Crippen MR) is 122 cm³/mol. The van der Waals surface area contributed by atoms with E-state index in [-0.39, 0.29) is 12.5 Å². The van der Waals surface area contributed by atoms with E-state index < -0.39 is 15.4 Å². The van der Waals surface area contributed by atoms with E-state index in [2.05, 4.69) is 5.32 Å². The van der Waals surface area contributed by atoms with E-state index in [0.717, 1.165) is 36.0 Å². The van der Waals surface area contributed by atoms with Crippen LogP contribution in [0.2, 0.25) is 0 Å². The summed E-state index contributed by atoms with van der Waals surface area (Å²) in [5.74, 6) is -0.0823. The highest BCUT2D eigenvalue weighted by Gasteiger charge is 2.42. The third kappa shape index (κ3) is 4.55. The maximum absolute atomic E-state index is 13.4. The maximum Gasteiger partial charge on any atom is 0.243 e. The Kier molecular flexibility index (Phi) is 6.22. The minimum atomic E-state index is -3.62. The lowest BCUT2D eigenvalue weighted by Gasteiger charge is -2.38. The molecule has 1 unspecified atom stereocenters. The van der Waals surface area contributed by atoms with Crippen molar-refractivity contribution in [1.82, 2.24) is 9.62 Å². The number of carbonyl (C=O) groups excluding carboxylic acids is 1. The van der Waals surface area contributed by atoms with Crippen LogP contribution in [0.5, 0.6) is 0 Å². The van der Waals surface area contributed by atoms with Crippen molar-refractivity contribution >= 4 is 15.9 Å². The van der Waals surface area contributed by atoms with Gasteiger partial charge in [0.05, 0.1) is 10.3 Å². The number of nitrogens with zero attached hydrogens (tertiary/aromatic N) is 1. The molecule has 0 aromatic heterocycles. The molecular formula is C25H32N2O3S. The van der Waals surface area contributed by atoms with E-state index in [9.17, 15) is 13.2 Å². The molecule has 166 valence electrons. The van der Waals surface area contributed by atoms with E-state index in [1.54, 1.807) is 6.07 Å². The molecule has 1 aliphatic heterocycles. The summed E-state index contributed by atoms with van der Waals surface area (Å²) >= 11 is 0. The number of nitrogens with one attached hydrogen (secondary N) is 1. The average molecular weight is 441 g/mol. The second-order valence-corrected chi connectivity index (χ2v) is 11.2. The molecule has 1 amide bonds. The number of aryl methyl sites for hydroxylation is 3. The normalized spacial score (nSPS) is 22.0. The molecule has 1 fully saturated rings. The number of rotatable bonds is 5. The van der Waals surface area contributed by atoms with Crippen molar-refractivity contribution < 1.29 is 13.2 Å². The fourth-order valence-corrected chi connectivity index (χ4v) is 6.45. The molecule has 2 aliphatic rings. The van der Waals surface area contributed by atoms with Gasteiger partial charge in [-0.1, -0.05) is 30.3 Å². The van der Waals surface area contributed by atoms with Crippen LogP contribution in [0.3, 0.4) is 0 Å². The third-order valence-corrected chi connectivity index (χ3v) is 8.71. The number of sulfonamides is 1. The maximum atomic E-state index is 13.4. The molecule has 1 saturated heterocycles. The topological polar surface area (TPSA) is 66.5 Å². The molecule has 5 nitrogen and oxygen atoms in total. The second-order valence-electron chi connectivity index (χ2n) is 9.25. The van der Waals surface area contributed by atoms with Gasteiger partial charge in [-0.25, -0.2) is 8.42 Å². The molecule has 4 rings (SSSR count). The lowest BCUT2D eigenvalue weighted by Crippen LogP contribution is -2.51. The van der Waals surface area contributed by atoms with Crippen molar-refractivity contribution in [2.24, 2.45) is 5.41 Å². The van der Waals surface area contributed by atoms with Crippen molar-refractivity contribution in [2.45, 2.75) is 63.8 Å². The molecule has 31 heavy (non-hydrogen) atoms. The van der Waals surface area contributed by atoms with Crippen molar-refractivity contribution in [3.05, 3.63) is 64.7 Å². The van der Waals surface area contributed by atoms with Crippen LogP contribution in [0, 0.1) is 12.3 Å². The number of hydrogen-bond acceptors (Lipinski definition) is 3. The number of amides is 1. The van der Waals surface area contributed by atoms with Gasteiger partial charge in [-0.3, -0.25) is 4.79 Å². The third-order valence-electron chi connectivity index (χ3n) is 6.87. The Morgan fingerprint density at radius 2 is 1.81 bits per heavy atom. The van der Waals surface area contributed by atoms with E-state index in [0.29, 0.717) is 30.8 Å². The zero-order valence-electron chi connectivity index (χ0n) is 18.5. The van der Waals surface area contributed by atoms with Crippen molar-refractivity contribution in [3.63, 3.8) is 0 Å². The lowest BCUT2D eigenvalue weighted by atomic mass is 9.82. The summed E-state index contributed by atoms with van der Waals surface area (Å²) in [6.07, 6.45) is 5.61. The fourth-order valence-electron chi connectivity index (χ4n) is 4.80. The van der Waals surface area contributed by atoms with Gasteiger partial charge in [0.1, 0.15) is 0 Å². The van der Waals surface area contributed by atoms with Gasteiger partial charge in [0.25, 0.3) is 0 Å². The molecule has 6 heteroatoms. The predicted octanol–water partition coefficient (Wildman–Crippen LogP) is 3.98. The van der Waals surface area contributed by atoms with Crippen LogP contribution in [-0.2, 0) is 34.2 Å². The van der Waals surface area contributed by atoms with Gasteiger partial charge in [-0.2, -0.15) is 4.31 Å². The van der Waals surface area contributed by atoms with E-state index in [1.807, 2.05) is 50.2 Å². The SMILES string of the molecule is Cc1ccccc1CNC(=O)C1(C)CCCN(S(=O)(=O)c2ccc3c(c2)CCCC3)C1. The zero-order chi connectivity index (χ0) is 22.1. The summed E-state index contributed by atoms with van der Waals surface area (Å²) in [6.45, 7) is 5.04. The molecule has 1 heterocycles. The Labute approximate surface area is 185 Å². The van der Waals surface area contributed by atoms with Crippen LogP contribution in [-0.4, -0.2) is 31.7 Å². The summed E-state index contributed by atoms with van der Waals surface area (Å²) in [5, 5.41) is 3.04. The monoisotopic (exact) mass is 440 g/mol. The minimum Gasteiger partial charge on any atom is -0.352 e. The van der Waals surface area contributed by atoms with E-state index >= 15 is 0 Å². The molecule has 0 saturated carbocycles. The number of carbonyl (C=O) groups is 1. The van der Waals surface area contributed by atoms with Crippen LogP contribution < -0.4 is 5.32 Å². The van der Waals surface area contributed by atoms with Crippen molar-refractivity contribution in [2.75, 3.05) is 13.1 Å².